The van der Waals surface area contributed by atoms with Gasteiger partial charge in [0.15, 0.2) is 7.05 Å². The first-order valence-corrected chi connectivity index (χ1v) is 9.62. The van der Waals surface area contributed by atoms with Gasteiger partial charge in [-0.1, -0.05) is 16.8 Å². The van der Waals surface area contributed by atoms with Crippen LogP contribution in [0.15, 0.2) is 33.6 Å². The summed E-state index contributed by atoms with van der Waals surface area (Å²) in [5, 5.41) is 15.1. The molecule has 0 unspecified atom stereocenters. The predicted octanol–water partition coefficient (Wildman–Crippen LogP) is 1.37. The third-order valence-electron chi connectivity index (χ3n) is 4.62. The van der Waals surface area contributed by atoms with E-state index < -0.39 is 11.5 Å². The number of pyridine rings is 1. The van der Waals surface area contributed by atoms with Crippen LogP contribution in [-0.4, -0.2) is 23.3 Å². The minimum absolute atomic E-state index is 0.0248. The number of methoxy groups -OCH3 is 1. The van der Waals surface area contributed by atoms with Gasteiger partial charge in [-0.3, -0.25) is 9.32 Å². The highest BCUT2D eigenvalue weighted by atomic mass is 32.1. The molecule has 0 radical (unpaired) electrons. The summed E-state index contributed by atoms with van der Waals surface area (Å²) in [5.74, 6) is -0.121. The monoisotopic (exact) mass is 438 g/mol. The number of hydrogen-bond acceptors (Lipinski definition) is 9. The number of aryl methyl sites for hydroxylation is 1. The van der Waals surface area contributed by atoms with Crippen LogP contribution < -0.4 is 31.8 Å². The van der Waals surface area contributed by atoms with E-state index in [9.17, 15) is 14.9 Å². The van der Waals surface area contributed by atoms with E-state index in [1.807, 2.05) is 6.07 Å². The van der Waals surface area contributed by atoms with Gasteiger partial charge in [0, 0.05) is 0 Å². The van der Waals surface area contributed by atoms with Crippen LogP contribution in [-0.2, 0) is 7.05 Å². The number of nitriles is 1. The SMILES string of the molecule is COc1ccccc1NC(=O)c1sc2nc(N)c(C#N)c(-c3c(=O)o[nH][n+]3C)c2c1N. The average Bonchev–Trinajstić information content (AvgIpc) is 3.26. The van der Waals surface area contributed by atoms with Crippen molar-refractivity contribution in [2.45, 2.75) is 0 Å². The second-order valence-electron chi connectivity index (χ2n) is 6.43. The number of rotatable bonds is 4. The van der Waals surface area contributed by atoms with E-state index in [1.165, 1.54) is 18.8 Å². The van der Waals surface area contributed by atoms with Gasteiger partial charge in [-0.05, 0) is 17.4 Å². The van der Waals surface area contributed by atoms with Crippen LogP contribution in [0.25, 0.3) is 21.5 Å². The molecule has 1 aromatic carbocycles. The van der Waals surface area contributed by atoms with Crippen LogP contribution in [0.2, 0.25) is 0 Å². The zero-order valence-corrected chi connectivity index (χ0v) is 17.2. The summed E-state index contributed by atoms with van der Waals surface area (Å²) < 4.78 is 11.4. The number of nitrogens with zero attached hydrogens (tertiary/aromatic N) is 3. The first-order chi connectivity index (χ1) is 14.9. The molecule has 156 valence electrons. The van der Waals surface area contributed by atoms with Gasteiger partial charge in [-0.25, -0.2) is 9.78 Å². The quantitative estimate of drug-likeness (QED) is 0.345. The van der Waals surface area contributed by atoms with Crippen molar-refractivity contribution < 1.29 is 18.7 Å². The molecule has 0 spiro atoms. The lowest BCUT2D eigenvalue weighted by atomic mass is 10.0. The number of anilines is 3. The molecular formula is C19H16N7O4S+. The lowest BCUT2D eigenvalue weighted by Gasteiger charge is -2.09. The second kappa shape index (κ2) is 7.47. The van der Waals surface area contributed by atoms with Gasteiger partial charge in [0.25, 0.3) is 5.91 Å². The summed E-state index contributed by atoms with van der Waals surface area (Å²) in [7, 11) is 3.02. The molecule has 12 heteroatoms. The van der Waals surface area contributed by atoms with Gasteiger partial charge in [0.1, 0.15) is 32.9 Å². The maximum atomic E-state index is 13.0. The van der Waals surface area contributed by atoms with Crippen molar-refractivity contribution in [1.29, 1.82) is 5.26 Å². The van der Waals surface area contributed by atoms with E-state index in [-0.39, 0.29) is 38.6 Å². The fourth-order valence-corrected chi connectivity index (χ4v) is 4.23. The van der Waals surface area contributed by atoms with Gasteiger partial charge < -0.3 is 21.5 Å². The van der Waals surface area contributed by atoms with Crippen LogP contribution >= 0.6 is 11.3 Å². The molecule has 0 saturated carbocycles. The Morgan fingerprint density at radius 3 is 2.77 bits per heavy atom. The number of aromatic amines is 1. The number of H-pyrrole nitrogens is 1. The third-order valence-corrected chi connectivity index (χ3v) is 5.72. The minimum Gasteiger partial charge on any atom is -0.495 e. The summed E-state index contributed by atoms with van der Waals surface area (Å²) in [4.78, 5) is 30.0. The Labute approximate surface area is 178 Å². The first kappa shape index (κ1) is 19.9. The van der Waals surface area contributed by atoms with Gasteiger partial charge in [0.05, 0.1) is 29.4 Å². The van der Waals surface area contributed by atoms with Crippen molar-refractivity contribution in [1.82, 2.24) is 10.3 Å². The van der Waals surface area contributed by atoms with E-state index in [1.54, 1.807) is 24.3 Å². The predicted molar refractivity (Wildman–Crippen MR) is 114 cm³/mol. The minimum atomic E-state index is -0.725. The van der Waals surface area contributed by atoms with Crippen LogP contribution in [0.5, 0.6) is 5.75 Å². The van der Waals surface area contributed by atoms with Crippen molar-refractivity contribution in [2.75, 3.05) is 23.9 Å². The molecule has 31 heavy (non-hydrogen) atoms. The number of nitrogens with two attached hydrogens (primary N) is 2. The van der Waals surface area contributed by atoms with Gasteiger partial charge in [-0.2, -0.15) is 5.26 Å². The van der Waals surface area contributed by atoms with Crippen molar-refractivity contribution in [3.8, 4) is 23.1 Å². The average molecular weight is 438 g/mol. The van der Waals surface area contributed by atoms with Crippen molar-refractivity contribution >= 4 is 44.7 Å². The van der Waals surface area contributed by atoms with Crippen LogP contribution in [0.3, 0.4) is 0 Å². The van der Waals surface area contributed by atoms with E-state index in [2.05, 4.69) is 15.6 Å². The number of thiophene rings is 1. The largest absolute Gasteiger partial charge is 0.495 e. The summed E-state index contributed by atoms with van der Waals surface area (Å²) in [6.07, 6.45) is 0. The van der Waals surface area contributed by atoms with Crippen molar-refractivity contribution in [3.05, 3.63) is 45.1 Å². The second-order valence-corrected chi connectivity index (χ2v) is 7.43. The number of carbonyl (C=O) groups excluding carboxylic acids is 1. The molecule has 0 saturated heterocycles. The Kier molecular flexibility index (Phi) is 4.80. The first-order valence-electron chi connectivity index (χ1n) is 8.81. The number of ether oxygens (including phenoxy) is 1. The summed E-state index contributed by atoms with van der Waals surface area (Å²) >= 11 is 0.991. The topological polar surface area (TPSA) is 177 Å². The number of aromatic nitrogens is 3. The molecule has 6 N–H and O–H groups in total. The number of carbonyl (C=O) groups is 1. The summed E-state index contributed by atoms with van der Waals surface area (Å²) in [6.45, 7) is 0. The normalized spacial score (nSPS) is 10.7. The lowest BCUT2D eigenvalue weighted by molar-refractivity contribution is -0.730. The highest BCUT2D eigenvalue weighted by Crippen LogP contribution is 2.41. The van der Waals surface area contributed by atoms with Crippen LogP contribution in [0.4, 0.5) is 17.2 Å². The van der Waals surface area contributed by atoms with Gasteiger partial charge in [-0.15, -0.1) is 11.3 Å². The molecule has 4 aromatic rings. The zero-order chi connectivity index (χ0) is 22.3. The molecule has 0 aliphatic carbocycles. The molecule has 1 amide bonds. The zero-order valence-electron chi connectivity index (χ0n) is 16.3. The Balaban J connectivity index is 1.94. The molecule has 0 atom stereocenters. The number of fused-ring (bicyclic) bond motifs is 1. The molecule has 3 heterocycles. The van der Waals surface area contributed by atoms with Crippen molar-refractivity contribution in [2.24, 2.45) is 7.05 Å². The molecule has 0 bridgehead atoms. The molecule has 3 aromatic heterocycles. The van der Waals surface area contributed by atoms with Gasteiger partial charge in [0.2, 0.25) is 0 Å². The molecular weight excluding hydrogens is 422 g/mol. The number of nitrogen functional groups attached to an aromatic ring is 2. The third kappa shape index (κ3) is 3.13. The number of benzene rings is 1. The Morgan fingerprint density at radius 1 is 1.39 bits per heavy atom. The maximum absolute atomic E-state index is 13.0. The van der Waals surface area contributed by atoms with E-state index in [4.69, 9.17) is 20.7 Å². The van der Waals surface area contributed by atoms with E-state index >= 15 is 0 Å². The smallest absolute Gasteiger partial charge is 0.435 e. The number of para-hydroxylation sites is 2. The van der Waals surface area contributed by atoms with E-state index in [0.29, 0.717) is 16.3 Å². The number of hydrogen-bond donors (Lipinski definition) is 4. The maximum Gasteiger partial charge on any atom is 0.435 e. The molecule has 4 rings (SSSR count). The summed E-state index contributed by atoms with van der Waals surface area (Å²) in [6, 6.07) is 8.86. The summed E-state index contributed by atoms with van der Waals surface area (Å²) in [5.41, 5.74) is 12.2. The Morgan fingerprint density at radius 2 is 2.13 bits per heavy atom. The highest BCUT2D eigenvalue weighted by molar-refractivity contribution is 7.21. The Hall–Kier alpha value is -4.37. The fraction of sp³-hybridized carbons (Fsp3) is 0.105. The lowest BCUT2D eigenvalue weighted by Crippen LogP contribution is -2.34. The van der Waals surface area contributed by atoms with Gasteiger partial charge >= 0.3 is 11.3 Å². The molecule has 0 fully saturated rings. The number of nitrogens with one attached hydrogen (secondary N) is 2. The molecule has 11 nitrogen and oxygen atoms in total. The van der Waals surface area contributed by atoms with Crippen LogP contribution in [0.1, 0.15) is 15.2 Å². The standard InChI is InChI=1S/C19H15N7O4S/c1-26-14(19(28)30-25-26)11-8(7-20)16(22)24-18-12(11)13(21)15(31-18)17(27)23-9-5-3-4-6-10(9)29-2/h3-6H,1-2H3,(H5-,21,22,23,24,25,27,28)/p+1. The molecule has 0 aliphatic rings. The fourth-order valence-electron chi connectivity index (χ4n) is 3.23. The van der Waals surface area contributed by atoms with Crippen LogP contribution in [0, 0.1) is 11.3 Å². The Bertz CT molecular complexity index is 1440. The molecule has 0 aliphatic heterocycles. The van der Waals surface area contributed by atoms with Crippen molar-refractivity contribution in [3.63, 3.8) is 0 Å². The highest BCUT2D eigenvalue weighted by Gasteiger charge is 2.32. The van der Waals surface area contributed by atoms with E-state index in [0.717, 1.165) is 11.3 Å². The number of amides is 1.